The summed E-state index contributed by atoms with van der Waals surface area (Å²) in [4.78, 5) is 3.93. The molecule has 1 fully saturated rings. The molecule has 1 aromatic carbocycles. The van der Waals surface area contributed by atoms with Gasteiger partial charge in [0, 0.05) is 24.2 Å². The number of benzene rings is 1. The van der Waals surface area contributed by atoms with Gasteiger partial charge in [0.2, 0.25) is 0 Å². The van der Waals surface area contributed by atoms with Gasteiger partial charge in [0.05, 0.1) is 0 Å². The molecule has 3 rings (SSSR count). The van der Waals surface area contributed by atoms with E-state index in [9.17, 15) is 0 Å². The van der Waals surface area contributed by atoms with Crippen molar-refractivity contribution >= 4 is 17.4 Å². The number of anilines is 1. The van der Waals surface area contributed by atoms with E-state index in [2.05, 4.69) is 35.5 Å². The van der Waals surface area contributed by atoms with Gasteiger partial charge in [0.25, 0.3) is 0 Å². The van der Waals surface area contributed by atoms with Crippen LogP contribution in [0, 0.1) is 5.92 Å². The number of rotatable bonds is 3. The number of fused-ring (bicyclic) bond motifs is 1. The fraction of sp³-hybridized carbons (Fsp3) is 0.600. The third-order valence-corrected chi connectivity index (χ3v) is 5.23. The molecule has 2 aliphatic rings. The summed E-state index contributed by atoms with van der Waals surface area (Å²) < 4.78 is 0. The Balaban J connectivity index is 1.70. The lowest BCUT2D eigenvalue weighted by atomic mass is 10.1. The van der Waals surface area contributed by atoms with E-state index in [-0.39, 0.29) is 0 Å². The van der Waals surface area contributed by atoms with Crippen LogP contribution in [0.25, 0.3) is 0 Å². The van der Waals surface area contributed by atoms with E-state index in [0.717, 1.165) is 5.92 Å². The molecular formula is C15H22N2S. The summed E-state index contributed by atoms with van der Waals surface area (Å²) in [6.45, 7) is 3.56. The summed E-state index contributed by atoms with van der Waals surface area (Å²) >= 11 is 2.01. The van der Waals surface area contributed by atoms with Crippen molar-refractivity contribution in [3.8, 4) is 0 Å². The van der Waals surface area contributed by atoms with Crippen molar-refractivity contribution in [2.24, 2.45) is 5.92 Å². The van der Waals surface area contributed by atoms with E-state index in [1.54, 1.807) is 5.56 Å². The van der Waals surface area contributed by atoms with Gasteiger partial charge in [0.1, 0.15) is 0 Å². The number of nitrogens with zero attached hydrogens (tertiary/aromatic N) is 1. The fourth-order valence-corrected chi connectivity index (χ4v) is 3.97. The molecule has 0 radical (unpaired) electrons. The minimum absolute atomic E-state index is 0.820. The van der Waals surface area contributed by atoms with Crippen LogP contribution in [0.5, 0.6) is 0 Å². The highest BCUT2D eigenvalue weighted by molar-refractivity contribution is 7.99. The molecule has 0 saturated carbocycles. The Bertz CT molecular complexity index is 413. The van der Waals surface area contributed by atoms with Crippen molar-refractivity contribution in [3.63, 3.8) is 0 Å². The molecule has 1 aromatic rings. The average Bonchev–Trinajstić information content (AvgIpc) is 2.91. The minimum Gasteiger partial charge on any atom is -0.374 e. The zero-order valence-corrected chi connectivity index (χ0v) is 11.9. The first-order valence-electron chi connectivity index (χ1n) is 7.00. The molecule has 0 amide bonds. The summed E-state index contributed by atoms with van der Waals surface area (Å²) in [5, 5.41) is 3.45. The predicted octanol–water partition coefficient (Wildman–Crippen LogP) is 2.77. The van der Waals surface area contributed by atoms with Gasteiger partial charge in [-0.3, -0.25) is 0 Å². The van der Waals surface area contributed by atoms with Crippen LogP contribution < -0.4 is 10.2 Å². The number of aryl methyl sites for hydroxylation is 1. The highest BCUT2D eigenvalue weighted by Gasteiger charge is 2.17. The van der Waals surface area contributed by atoms with E-state index in [4.69, 9.17) is 0 Å². The van der Waals surface area contributed by atoms with Gasteiger partial charge in [-0.2, -0.15) is 0 Å². The Labute approximate surface area is 114 Å². The molecular weight excluding hydrogens is 240 g/mol. The van der Waals surface area contributed by atoms with E-state index < -0.39 is 0 Å². The molecule has 1 N–H and O–H groups in total. The maximum atomic E-state index is 3.45. The van der Waals surface area contributed by atoms with Crippen molar-refractivity contribution in [1.82, 2.24) is 5.32 Å². The highest BCUT2D eigenvalue weighted by Crippen LogP contribution is 2.32. The van der Waals surface area contributed by atoms with Crippen molar-refractivity contribution in [3.05, 3.63) is 23.8 Å². The largest absolute Gasteiger partial charge is 0.374 e. The Hall–Kier alpha value is -0.670. The van der Waals surface area contributed by atoms with Gasteiger partial charge in [-0.05, 0) is 67.8 Å². The maximum Gasteiger partial charge on any atom is 0.0367 e. The van der Waals surface area contributed by atoms with E-state index >= 15 is 0 Å². The topological polar surface area (TPSA) is 15.3 Å². The van der Waals surface area contributed by atoms with Crippen LogP contribution in [0.4, 0.5) is 5.69 Å². The van der Waals surface area contributed by atoms with Crippen LogP contribution in [0.2, 0.25) is 0 Å². The maximum absolute atomic E-state index is 3.45. The molecule has 2 heterocycles. The molecule has 18 heavy (non-hydrogen) atoms. The summed E-state index contributed by atoms with van der Waals surface area (Å²) in [5.41, 5.74) is 2.95. The van der Waals surface area contributed by atoms with Crippen molar-refractivity contribution in [2.45, 2.75) is 24.2 Å². The van der Waals surface area contributed by atoms with E-state index in [1.807, 2.05) is 11.8 Å². The summed E-state index contributed by atoms with van der Waals surface area (Å²) in [6, 6.07) is 7.02. The standard InChI is InChI=1S/C15H22N2S/c1-17(11-12-6-7-16-10-12)14-4-5-15-13(9-14)3-2-8-18-15/h4-5,9,12,16H,2-3,6-8,10-11H2,1H3. The van der Waals surface area contributed by atoms with Crippen LogP contribution in [-0.2, 0) is 6.42 Å². The number of hydrogen-bond donors (Lipinski definition) is 1. The summed E-state index contributed by atoms with van der Waals surface area (Å²) in [5.74, 6) is 2.11. The lowest BCUT2D eigenvalue weighted by Gasteiger charge is -2.25. The number of thioether (sulfide) groups is 1. The molecule has 0 aliphatic carbocycles. The Morgan fingerprint density at radius 3 is 3.22 bits per heavy atom. The first-order chi connectivity index (χ1) is 8.83. The Morgan fingerprint density at radius 2 is 2.39 bits per heavy atom. The lowest BCUT2D eigenvalue weighted by Crippen LogP contribution is -2.26. The fourth-order valence-electron chi connectivity index (χ4n) is 2.95. The summed E-state index contributed by atoms with van der Waals surface area (Å²) in [7, 11) is 2.23. The molecule has 2 aliphatic heterocycles. The van der Waals surface area contributed by atoms with E-state index in [0.29, 0.717) is 0 Å². The number of nitrogens with one attached hydrogen (secondary N) is 1. The Kier molecular flexibility index (Phi) is 3.80. The van der Waals surface area contributed by atoms with Crippen LogP contribution in [0.3, 0.4) is 0 Å². The normalized spacial score (nSPS) is 22.8. The van der Waals surface area contributed by atoms with Gasteiger partial charge < -0.3 is 10.2 Å². The first kappa shape index (κ1) is 12.4. The van der Waals surface area contributed by atoms with Crippen molar-refractivity contribution in [1.29, 1.82) is 0 Å². The highest BCUT2D eigenvalue weighted by atomic mass is 32.2. The molecule has 3 heteroatoms. The summed E-state index contributed by atoms with van der Waals surface area (Å²) in [6.07, 6.45) is 3.91. The smallest absolute Gasteiger partial charge is 0.0367 e. The SMILES string of the molecule is CN(CC1CCNC1)c1ccc2c(c1)CCCS2. The molecule has 1 unspecified atom stereocenters. The molecule has 98 valence electrons. The Morgan fingerprint density at radius 1 is 1.44 bits per heavy atom. The van der Waals surface area contributed by atoms with Crippen molar-refractivity contribution < 1.29 is 0 Å². The first-order valence-corrected chi connectivity index (χ1v) is 7.99. The van der Waals surface area contributed by atoms with Crippen molar-refractivity contribution in [2.75, 3.05) is 37.3 Å². The second-order valence-corrected chi connectivity index (χ2v) is 6.62. The number of hydrogen-bond acceptors (Lipinski definition) is 3. The lowest BCUT2D eigenvalue weighted by molar-refractivity contribution is 0.578. The zero-order valence-electron chi connectivity index (χ0n) is 11.1. The third kappa shape index (κ3) is 2.67. The second kappa shape index (κ2) is 5.54. The van der Waals surface area contributed by atoms with Crippen LogP contribution in [0.1, 0.15) is 18.4 Å². The third-order valence-electron chi connectivity index (χ3n) is 4.03. The molecule has 1 saturated heterocycles. The average molecular weight is 262 g/mol. The monoisotopic (exact) mass is 262 g/mol. The van der Waals surface area contributed by atoms with E-state index in [1.165, 1.54) is 55.2 Å². The molecule has 0 bridgehead atoms. The second-order valence-electron chi connectivity index (χ2n) is 5.48. The van der Waals surface area contributed by atoms with Gasteiger partial charge in [0.15, 0.2) is 0 Å². The zero-order chi connectivity index (χ0) is 12.4. The minimum atomic E-state index is 0.820. The molecule has 0 aromatic heterocycles. The molecule has 2 nitrogen and oxygen atoms in total. The van der Waals surface area contributed by atoms with Gasteiger partial charge in [-0.25, -0.2) is 0 Å². The van der Waals surface area contributed by atoms with Crippen LogP contribution in [0.15, 0.2) is 23.1 Å². The molecule has 1 atom stereocenters. The molecule has 0 spiro atoms. The van der Waals surface area contributed by atoms with Gasteiger partial charge >= 0.3 is 0 Å². The predicted molar refractivity (Wildman–Crippen MR) is 79.7 cm³/mol. The quantitative estimate of drug-likeness (QED) is 0.902. The van der Waals surface area contributed by atoms with Gasteiger partial charge in [-0.1, -0.05) is 0 Å². The van der Waals surface area contributed by atoms with Crippen LogP contribution >= 0.6 is 11.8 Å². The van der Waals surface area contributed by atoms with Crippen LogP contribution in [-0.4, -0.2) is 32.4 Å². The van der Waals surface area contributed by atoms with Gasteiger partial charge in [-0.15, -0.1) is 11.8 Å².